The maximum absolute atomic E-state index is 13.8. The Kier molecular flexibility index (Phi) is 8.11. The molecule has 2 aliphatic heterocycles. The van der Waals surface area contributed by atoms with Gasteiger partial charge in [-0.3, -0.25) is 14.4 Å². The molecule has 9 nitrogen and oxygen atoms in total. The van der Waals surface area contributed by atoms with E-state index in [2.05, 4.69) is 46.9 Å². The minimum absolute atomic E-state index is 0.0979. The van der Waals surface area contributed by atoms with Gasteiger partial charge in [0.2, 0.25) is 5.03 Å². The van der Waals surface area contributed by atoms with Crippen LogP contribution in [0.4, 0.5) is 5.69 Å². The first-order valence-corrected chi connectivity index (χ1v) is 15.6. The van der Waals surface area contributed by atoms with Gasteiger partial charge >= 0.3 is 0 Å². The molecule has 0 atom stereocenters. The lowest BCUT2D eigenvalue weighted by molar-refractivity contribution is 0.0520. The van der Waals surface area contributed by atoms with E-state index in [-0.39, 0.29) is 16.5 Å². The van der Waals surface area contributed by atoms with Crippen molar-refractivity contribution in [2.24, 2.45) is 0 Å². The van der Waals surface area contributed by atoms with Crippen LogP contribution in [0, 0.1) is 13.8 Å². The highest BCUT2D eigenvalue weighted by molar-refractivity contribution is 7.89. The van der Waals surface area contributed by atoms with Crippen molar-refractivity contribution in [1.82, 2.24) is 23.9 Å². The van der Waals surface area contributed by atoms with Crippen LogP contribution in [0.1, 0.15) is 60.5 Å². The van der Waals surface area contributed by atoms with Crippen LogP contribution in [-0.2, 0) is 16.6 Å². The van der Waals surface area contributed by atoms with Gasteiger partial charge < -0.3 is 9.80 Å². The number of hydrogen-bond acceptors (Lipinski definition) is 6. The Morgan fingerprint density at radius 3 is 2.29 bits per heavy atom. The van der Waals surface area contributed by atoms with Crippen LogP contribution in [0.2, 0.25) is 0 Å². The molecule has 1 saturated carbocycles. The molecule has 2 aromatic rings. The summed E-state index contributed by atoms with van der Waals surface area (Å²) < 4.78 is 30.7. The summed E-state index contributed by atoms with van der Waals surface area (Å²) in [4.78, 5) is 20.2. The number of amides is 1. The summed E-state index contributed by atoms with van der Waals surface area (Å²) in [6.07, 6.45) is 8.02. The summed E-state index contributed by atoms with van der Waals surface area (Å²) in [5.74, 6) is -0.222. The van der Waals surface area contributed by atoms with Crippen LogP contribution in [0.3, 0.4) is 0 Å². The van der Waals surface area contributed by atoms with Crippen LogP contribution >= 0.6 is 0 Å². The van der Waals surface area contributed by atoms with E-state index in [1.807, 2.05) is 11.8 Å². The summed E-state index contributed by atoms with van der Waals surface area (Å²) >= 11 is 0. The summed E-state index contributed by atoms with van der Waals surface area (Å²) in [6, 6.07) is 6.99. The van der Waals surface area contributed by atoms with E-state index in [1.54, 1.807) is 10.9 Å². The third-order valence-corrected chi connectivity index (χ3v) is 10.3. The van der Waals surface area contributed by atoms with Gasteiger partial charge in [0.25, 0.3) is 15.9 Å². The second-order valence-electron chi connectivity index (χ2n) is 11.0. The van der Waals surface area contributed by atoms with Gasteiger partial charge in [-0.1, -0.05) is 31.4 Å². The predicted octanol–water partition coefficient (Wildman–Crippen LogP) is 3.12. The van der Waals surface area contributed by atoms with Crippen LogP contribution in [0.5, 0.6) is 0 Å². The number of benzene rings is 1. The van der Waals surface area contributed by atoms with E-state index in [4.69, 9.17) is 0 Å². The molecule has 3 fully saturated rings. The van der Waals surface area contributed by atoms with Crippen LogP contribution in [-0.4, -0.2) is 96.6 Å². The molecular formula is C28H42N6O3S. The van der Waals surface area contributed by atoms with Crippen molar-refractivity contribution in [2.45, 2.75) is 70.5 Å². The molecular weight excluding hydrogens is 500 g/mol. The van der Waals surface area contributed by atoms with Crippen LogP contribution in [0.15, 0.2) is 29.4 Å². The first kappa shape index (κ1) is 27.1. The Balaban J connectivity index is 1.29. The van der Waals surface area contributed by atoms with Crippen molar-refractivity contribution >= 4 is 21.6 Å². The van der Waals surface area contributed by atoms with Crippen molar-refractivity contribution in [3.63, 3.8) is 0 Å². The van der Waals surface area contributed by atoms with Gasteiger partial charge in [0.15, 0.2) is 0 Å². The molecule has 38 heavy (non-hydrogen) atoms. The minimum Gasteiger partial charge on any atom is -0.369 e. The molecule has 2 saturated heterocycles. The maximum Gasteiger partial charge on any atom is 0.263 e. The normalized spacial score (nSPS) is 20.7. The van der Waals surface area contributed by atoms with Gasteiger partial charge in [-0.2, -0.15) is 9.40 Å². The highest BCUT2D eigenvalue weighted by Gasteiger charge is 2.37. The summed E-state index contributed by atoms with van der Waals surface area (Å²) in [5, 5.41) is 4.30. The second-order valence-corrected chi connectivity index (χ2v) is 12.9. The van der Waals surface area contributed by atoms with E-state index in [0.29, 0.717) is 51.9 Å². The molecule has 0 spiro atoms. The predicted molar refractivity (Wildman–Crippen MR) is 149 cm³/mol. The molecule has 0 N–H and O–H groups in total. The number of hydrogen-bond donors (Lipinski definition) is 0. The van der Waals surface area contributed by atoms with Crippen LogP contribution in [0.25, 0.3) is 0 Å². The van der Waals surface area contributed by atoms with Crippen molar-refractivity contribution in [1.29, 1.82) is 0 Å². The molecule has 0 unspecified atom stereocenters. The monoisotopic (exact) mass is 542 g/mol. The number of piperazine rings is 2. The SMILES string of the molecule is CCn1cc(C(=O)N2CCN(C3CCCCC3)CC2)c(S(=O)(=O)N2CCN(c3cc(C)ccc3C)CC2)n1. The van der Waals surface area contributed by atoms with Gasteiger partial charge in [-0.15, -0.1) is 0 Å². The van der Waals surface area contributed by atoms with Gasteiger partial charge in [-0.25, -0.2) is 8.42 Å². The molecule has 0 radical (unpaired) electrons. The molecule has 1 aromatic carbocycles. The van der Waals surface area contributed by atoms with Gasteiger partial charge in [0.1, 0.15) is 0 Å². The molecule has 0 bridgehead atoms. The molecule has 5 rings (SSSR count). The Morgan fingerprint density at radius 2 is 1.63 bits per heavy atom. The van der Waals surface area contributed by atoms with E-state index >= 15 is 0 Å². The highest BCUT2D eigenvalue weighted by Crippen LogP contribution is 2.27. The molecule has 3 aliphatic rings. The molecule has 1 aromatic heterocycles. The smallest absolute Gasteiger partial charge is 0.263 e. The number of aromatic nitrogens is 2. The zero-order chi connectivity index (χ0) is 26.9. The lowest BCUT2D eigenvalue weighted by Crippen LogP contribution is -2.52. The summed E-state index contributed by atoms with van der Waals surface area (Å²) in [7, 11) is -3.90. The summed E-state index contributed by atoms with van der Waals surface area (Å²) in [6.45, 7) is 11.4. The second kappa shape index (κ2) is 11.4. The highest BCUT2D eigenvalue weighted by atomic mass is 32.2. The molecule has 1 aliphatic carbocycles. The average Bonchev–Trinajstić information content (AvgIpc) is 3.40. The maximum atomic E-state index is 13.8. The van der Waals surface area contributed by atoms with Crippen molar-refractivity contribution in [2.75, 3.05) is 57.3 Å². The fourth-order valence-electron chi connectivity index (χ4n) is 6.16. The zero-order valence-electron chi connectivity index (χ0n) is 23.1. The lowest BCUT2D eigenvalue weighted by atomic mass is 9.94. The molecule has 3 heterocycles. The van der Waals surface area contributed by atoms with E-state index in [1.165, 1.54) is 47.5 Å². The number of carbonyl (C=O) groups excluding carboxylic acids is 1. The summed E-state index contributed by atoms with van der Waals surface area (Å²) in [5.41, 5.74) is 3.73. The first-order chi connectivity index (χ1) is 18.3. The van der Waals surface area contributed by atoms with E-state index < -0.39 is 10.0 Å². The fraction of sp³-hybridized carbons (Fsp3) is 0.643. The third-order valence-electron chi connectivity index (χ3n) is 8.50. The Labute approximate surface area is 227 Å². The van der Waals surface area contributed by atoms with Gasteiger partial charge in [0, 0.05) is 76.8 Å². The molecule has 1 amide bonds. The Morgan fingerprint density at radius 1 is 0.947 bits per heavy atom. The zero-order valence-corrected chi connectivity index (χ0v) is 23.9. The van der Waals surface area contributed by atoms with Crippen LogP contribution < -0.4 is 4.90 Å². The standard InChI is InChI=1S/C28H42N6O3S/c1-4-33-21-25(28(35)32-14-12-30(13-15-32)24-8-6-5-7-9-24)27(29-33)38(36,37)34-18-16-31(17-19-34)26-20-22(2)10-11-23(26)3/h10-11,20-21,24H,4-9,12-19H2,1-3H3. The number of anilines is 1. The number of nitrogens with zero attached hydrogens (tertiary/aromatic N) is 6. The number of carbonyl (C=O) groups is 1. The number of rotatable bonds is 6. The topological polar surface area (TPSA) is 82.0 Å². The van der Waals surface area contributed by atoms with Crippen molar-refractivity contribution in [3.05, 3.63) is 41.1 Å². The van der Waals surface area contributed by atoms with E-state index in [0.717, 1.165) is 18.8 Å². The quantitative estimate of drug-likeness (QED) is 0.558. The van der Waals surface area contributed by atoms with Crippen molar-refractivity contribution < 1.29 is 13.2 Å². The fourth-order valence-corrected chi connectivity index (χ4v) is 7.68. The Hall–Kier alpha value is -2.43. The number of aryl methyl sites for hydroxylation is 3. The lowest BCUT2D eigenvalue weighted by Gasteiger charge is -2.40. The van der Waals surface area contributed by atoms with Crippen molar-refractivity contribution in [3.8, 4) is 0 Å². The van der Waals surface area contributed by atoms with E-state index in [9.17, 15) is 13.2 Å². The largest absolute Gasteiger partial charge is 0.369 e. The molecule has 208 valence electrons. The number of sulfonamides is 1. The van der Waals surface area contributed by atoms with Gasteiger partial charge in [-0.05, 0) is 50.8 Å². The average molecular weight is 543 g/mol. The third kappa shape index (κ3) is 5.49. The minimum atomic E-state index is -3.90. The Bertz CT molecular complexity index is 1240. The molecule has 10 heteroatoms. The van der Waals surface area contributed by atoms with Gasteiger partial charge in [0.05, 0.1) is 5.56 Å². The first-order valence-electron chi connectivity index (χ1n) is 14.2.